The minimum absolute atomic E-state index is 0.775. The summed E-state index contributed by atoms with van der Waals surface area (Å²) in [7, 11) is 0. The molecule has 2 aliphatic carbocycles. The fourth-order valence-electron chi connectivity index (χ4n) is 5.14. The Balaban J connectivity index is 1.95. The van der Waals surface area contributed by atoms with E-state index in [9.17, 15) is 0 Å². The fourth-order valence-corrected chi connectivity index (χ4v) is 5.63. The molecule has 1 fully saturated rings. The van der Waals surface area contributed by atoms with Crippen LogP contribution in [0.15, 0.2) is 36.6 Å². The van der Waals surface area contributed by atoms with E-state index in [0.29, 0.717) is 0 Å². The van der Waals surface area contributed by atoms with Crippen molar-refractivity contribution < 1.29 is 3.07 Å². The molecule has 0 spiro atoms. The molecule has 1 aromatic heterocycles. The van der Waals surface area contributed by atoms with Crippen LogP contribution in [0.2, 0.25) is 0 Å². The van der Waals surface area contributed by atoms with Crippen LogP contribution < -0.4 is 0 Å². The zero-order chi connectivity index (χ0) is 19.9. The van der Waals surface area contributed by atoms with Gasteiger partial charge in [-0.15, -0.1) is 0 Å². The van der Waals surface area contributed by atoms with Gasteiger partial charge in [-0.05, 0) is 87.0 Å². The van der Waals surface area contributed by atoms with Crippen LogP contribution in [0, 0.1) is 17.8 Å². The number of hydrogen-bond acceptors (Lipinski definition) is 3. The SMILES string of the molecule is C=C/C=C(\C(=C/C)OI)c1cc2c(nn1)CCCCCC1CC(C)CC(C2)C1. The highest BCUT2D eigenvalue weighted by Gasteiger charge is 2.28. The summed E-state index contributed by atoms with van der Waals surface area (Å²) in [6.45, 7) is 8.29. The summed E-state index contributed by atoms with van der Waals surface area (Å²) in [5, 5.41) is 9.27. The smallest absolute Gasteiger partial charge is 0.192 e. The maximum Gasteiger partial charge on any atom is 0.192 e. The lowest BCUT2D eigenvalue weighted by atomic mass is 9.72. The Morgan fingerprint density at radius 3 is 2.75 bits per heavy atom. The molecule has 2 bridgehead atoms. The molecule has 0 aliphatic heterocycles. The van der Waals surface area contributed by atoms with Gasteiger partial charge < -0.3 is 3.07 Å². The zero-order valence-electron chi connectivity index (χ0n) is 17.3. The summed E-state index contributed by atoms with van der Waals surface area (Å²) in [6, 6.07) is 2.27. The second kappa shape index (κ2) is 10.6. The molecule has 3 rings (SSSR count). The van der Waals surface area contributed by atoms with Gasteiger partial charge in [0, 0.05) is 5.57 Å². The first kappa shape index (κ1) is 21.5. The van der Waals surface area contributed by atoms with Crippen LogP contribution in [0.1, 0.15) is 75.7 Å². The average molecular weight is 492 g/mol. The molecule has 0 aromatic carbocycles. The van der Waals surface area contributed by atoms with Crippen molar-refractivity contribution >= 4 is 28.6 Å². The summed E-state index contributed by atoms with van der Waals surface area (Å²) in [5.74, 6) is 3.34. The Labute approximate surface area is 184 Å². The van der Waals surface area contributed by atoms with Crippen LogP contribution in [0.3, 0.4) is 0 Å². The molecular weight excluding hydrogens is 459 g/mol. The Hall–Kier alpha value is -1.17. The van der Waals surface area contributed by atoms with Crippen LogP contribution in [-0.2, 0) is 15.9 Å². The van der Waals surface area contributed by atoms with Crippen LogP contribution in [-0.4, -0.2) is 10.2 Å². The quantitative estimate of drug-likeness (QED) is 0.257. The Bertz CT molecular complexity index is 740. The molecule has 3 nitrogen and oxygen atoms in total. The molecule has 0 radical (unpaired) electrons. The van der Waals surface area contributed by atoms with Crippen LogP contribution in [0.25, 0.3) is 5.57 Å². The van der Waals surface area contributed by atoms with Crippen molar-refractivity contribution in [2.75, 3.05) is 0 Å². The number of allylic oxidation sites excluding steroid dienone is 4. The van der Waals surface area contributed by atoms with Crippen molar-refractivity contribution in [3.8, 4) is 0 Å². The minimum atomic E-state index is 0.775. The number of aryl methyl sites for hydroxylation is 1. The van der Waals surface area contributed by atoms with Crippen molar-refractivity contribution in [2.24, 2.45) is 17.8 Å². The van der Waals surface area contributed by atoms with E-state index in [2.05, 4.69) is 24.7 Å². The average Bonchev–Trinajstić information content (AvgIpc) is 2.70. The normalized spacial score (nSPS) is 26.8. The van der Waals surface area contributed by atoms with E-state index in [1.54, 1.807) is 6.08 Å². The van der Waals surface area contributed by atoms with Gasteiger partial charge >= 0.3 is 0 Å². The van der Waals surface area contributed by atoms with Gasteiger partial charge in [-0.3, -0.25) is 0 Å². The van der Waals surface area contributed by atoms with E-state index in [4.69, 9.17) is 8.16 Å². The van der Waals surface area contributed by atoms with Crippen LogP contribution in [0.4, 0.5) is 0 Å². The Morgan fingerprint density at radius 2 is 2.00 bits per heavy atom. The molecule has 1 heterocycles. The van der Waals surface area contributed by atoms with E-state index < -0.39 is 0 Å². The van der Waals surface area contributed by atoms with E-state index in [1.165, 1.54) is 56.2 Å². The van der Waals surface area contributed by atoms with Crippen molar-refractivity contribution in [2.45, 2.75) is 71.6 Å². The van der Waals surface area contributed by atoms with Gasteiger partial charge in [-0.25, -0.2) is 0 Å². The number of hydrogen-bond donors (Lipinski definition) is 0. The summed E-state index contributed by atoms with van der Waals surface area (Å²) < 4.78 is 5.54. The number of nitrogens with zero attached hydrogens (tertiary/aromatic N) is 2. The second-order valence-electron chi connectivity index (χ2n) is 8.60. The molecule has 2 aliphatic rings. The molecule has 3 atom stereocenters. The molecule has 1 saturated carbocycles. The van der Waals surface area contributed by atoms with Crippen molar-refractivity contribution in [1.82, 2.24) is 10.2 Å². The minimum Gasteiger partial charge on any atom is -0.427 e. The molecular formula is C24H33IN2O. The van der Waals surface area contributed by atoms with Crippen molar-refractivity contribution in [3.05, 3.63) is 53.6 Å². The van der Waals surface area contributed by atoms with Crippen molar-refractivity contribution in [3.63, 3.8) is 0 Å². The molecule has 1 aromatic rings. The lowest BCUT2D eigenvalue weighted by Gasteiger charge is -2.33. The van der Waals surface area contributed by atoms with Gasteiger partial charge in [0.15, 0.2) is 23.0 Å². The Morgan fingerprint density at radius 1 is 1.18 bits per heavy atom. The van der Waals surface area contributed by atoms with Gasteiger partial charge in [0.25, 0.3) is 0 Å². The molecule has 28 heavy (non-hydrogen) atoms. The predicted molar refractivity (Wildman–Crippen MR) is 125 cm³/mol. The van der Waals surface area contributed by atoms with Gasteiger partial charge in [-0.2, -0.15) is 10.2 Å². The van der Waals surface area contributed by atoms with Crippen LogP contribution >= 0.6 is 23.0 Å². The third-order valence-corrected chi connectivity index (χ3v) is 6.78. The number of aromatic nitrogens is 2. The van der Waals surface area contributed by atoms with Gasteiger partial charge in [0.1, 0.15) is 5.76 Å². The van der Waals surface area contributed by atoms with E-state index in [-0.39, 0.29) is 0 Å². The summed E-state index contributed by atoms with van der Waals surface area (Å²) in [6.07, 6.45) is 17.4. The largest absolute Gasteiger partial charge is 0.427 e. The molecule has 0 N–H and O–H groups in total. The van der Waals surface area contributed by atoms with Gasteiger partial charge in [0.05, 0.1) is 11.4 Å². The van der Waals surface area contributed by atoms with E-state index in [0.717, 1.165) is 47.6 Å². The molecule has 0 saturated heterocycles. The van der Waals surface area contributed by atoms with Crippen molar-refractivity contribution in [1.29, 1.82) is 0 Å². The summed E-state index contributed by atoms with van der Waals surface area (Å²) >= 11 is 1.93. The standard InChI is InChI=1S/C24H33IN2O/c1-4-9-21(24(5-2)28-25)23-16-20-15-19-13-17(3)12-18(14-19)10-7-6-8-11-22(20)26-27-23/h4-5,9,16-19H,1,6-8,10-15H2,2-3H3/b21-9-,24-5+. The topological polar surface area (TPSA) is 35.0 Å². The lowest BCUT2D eigenvalue weighted by molar-refractivity contribution is 0.194. The van der Waals surface area contributed by atoms with E-state index in [1.807, 2.05) is 42.1 Å². The molecule has 3 unspecified atom stereocenters. The lowest BCUT2D eigenvalue weighted by Crippen LogP contribution is -2.23. The number of fused-ring (bicyclic) bond motifs is 3. The van der Waals surface area contributed by atoms with Gasteiger partial charge in [-0.1, -0.05) is 38.8 Å². The number of halogens is 1. The first-order chi connectivity index (χ1) is 13.6. The van der Waals surface area contributed by atoms with E-state index >= 15 is 0 Å². The monoisotopic (exact) mass is 492 g/mol. The third kappa shape index (κ3) is 5.46. The van der Waals surface area contributed by atoms with Gasteiger partial charge in [0.2, 0.25) is 0 Å². The highest BCUT2D eigenvalue weighted by Crippen LogP contribution is 2.38. The first-order valence-electron chi connectivity index (χ1n) is 10.8. The maximum atomic E-state index is 5.54. The highest BCUT2D eigenvalue weighted by atomic mass is 127. The molecule has 0 amide bonds. The third-order valence-electron chi connectivity index (χ3n) is 6.30. The maximum absolute atomic E-state index is 5.54. The zero-order valence-corrected chi connectivity index (χ0v) is 19.5. The first-order valence-corrected chi connectivity index (χ1v) is 11.7. The predicted octanol–water partition coefficient (Wildman–Crippen LogP) is 7.03. The van der Waals surface area contributed by atoms with Crippen LogP contribution in [0.5, 0.6) is 0 Å². The fraction of sp³-hybridized carbons (Fsp3) is 0.583. The Kier molecular flexibility index (Phi) is 8.12. The highest BCUT2D eigenvalue weighted by molar-refractivity contribution is 14.1. The summed E-state index contributed by atoms with van der Waals surface area (Å²) in [5.41, 5.74) is 4.43. The molecule has 4 heteroatoms. The second-order valence-corrected chi connectivity index (χ2v) is 9.04. The summed E-state index contributed by atoms with van der Waals surface area (Å²) in [4.78, 5) is 0. The number of rotatable bonds is 4. The molecule has 152 valence electrons.